The van der Waals surface area contributed by atoms with Crippen LogP contribution in [0.15, 0.2) is 42.5 Å². The monoisotopic (exact) mass is 557 g/mol. The minimum atomic E-state index is 0.477. The third kappa shape index (κ3) is 3.55. The average molecular weight is 558 g/mol. The Kier molecular flexibility index (Phi) is 4.96. The van der Waals surface area contributed by atoms with Crippen molar-refractivity contribution in [2.75, 3.05) is 4.90 Å². The highest BCUT2D eigenvalue weighted by molar-refractivity contribution is 5.71. The summed E-state index contributed by atoms with van der Waals surface area (Å²) < 4.78 is 0. The average Bonchev–Trinajstić information content (AvgIpc) is 2.95. The number of hydrogen-bond acceptors (Lipinski definition) is 1. The van der Waals surface area contributed by atoms with Gasteiger partial charge in [-0.2, -0.15) is 0 Å². The predicted octanol–water partition coefficient (Wildman–Crippen LogP) is 10.1. The fourth-order valence-electron chi connectivity index (χ4n) is 15.1. The van der Waals surface area contributed by atoms with Crippen LogP contribution >= 0.6 is 0 Å². The second-order valence-corrected chi connectivity index (χ2v) is 18.4. The zero-order chi connectivity index (χ0) is 27.2. The summed E-state index contributed by atoms with van der Waals surface area (Å²) in [6.45, 7) is 0. The zero-order valence-corrected chi connectivity index (χ0v) is 25.8. The maximum Gasteiger partial charge on any atom is 0.0377 e. The van der Waals surface area contributed by atoms with Crippen LogP contribution in [0.5, 0.6) is 0 Å². The number of piperidine rings is 2. The first kappa shape index (κ1) is 24.5. The Morgan fingerprint density at radius 3 is 1.31 bits per heavy atom. The lowest BCUT2D eigenvalue weighted by Crippen LogP contribution is -2.58. The fourth-order valence-corrected chi connectivity index (χ4v) is 15.1. The van der Waals surface area contributed by atoms with E-state index in [1.807, 2.05) is 0 Å². The minimum absolute atomic E-state index is 0.477. The SMILES string of the molecule is c1cc(-c2cc(C34CC5CC(CC(C5)C3)C4)cc(C34CC5CC(CC(C5)C3)C4)c2)cc(N2C3CC4CC(C3)CC2C4)c1. The molecule has 1 nitrogen and oxygen atoms in total. The summed E-state index contributed by atoms with van der Waals surface area (Å²) in [5.74, 6) is 8.10. The van der Waals surface area contributed by atoms with Crippen molar-refractivity contribution in [1.29, 1.82) is 0 Å². The maximum atomic E-state index is 2.92. The van der Waals surface area contributed by atoms with Crippen LogP contribution in [0, 0.1) is 47.3 Å². The van der Waals surface area contributed by atoms with E-state index in [2.05, 4.69) is 47.4 Å². The van der Waals surface area contributed by atoms with Crippen LogP contribution in [-0.4, -0.2) is 12.1 Å². The number of hydrogen-bond donors (Lipinski definition) is 0. The smallest absolute Gasteiger partial charge is 0.0377 e. The molecule has 42 heavy (non-hydrogen) atoms. The lowest BCUT2D eigenvalue weighted by molar-refractivity contribution is -0.00832. The maximum absolute atomic E-state index is 2.92. The van der Waals surface area contributed by atoms with Crippen molar-refractivity contribution in [2.45, 2.75) is 132 Å². The molecule has 2 aromatic carbocycles. The van der Waals surface area contributed by atoms with Crippen LogP contribution in [0.3, 0.4) is 0 Å². The van der Waals surface area contributed by atoms with Crippen molar-refractivity contribution in [3.8, 4) is 11.1 Å². The Bertz CT molecular complexity index is 1270. The van der Waals surface area contributed by atoms with Crippen LogP contribution in [0.2, 0.25) is 0 Å². The topological polar surface area (TPSA) is 3.24 Å². The van der Waals surface area contributed by atoms with Gasteiger partial charge in [0.25, 0.3) is 0 Å². The summed E-state index contributed by atoms with van der Waals surface area (Å²) in [5.41, 5.74) is 9.14. The van der Waals surface area contributed by atoms with Gasteiger partial charge in [-0.05, 0) is 202 Å². The van der Waals surface area contributed by atoms with E-state index in [1.165, 1.54) is 81.9 Å². The normalized spacial score (nSPS) is 48.9. The van der Waals surface area contributed by atoms with Gasteiger partial charge in [0, 0.05) is 17.8 Å². The van der Waals surface area contributed by atoms with Gasteiger partial charge in [-0.3, -0.25) is 0 Å². The summed E-state index contributed by atoms with van der Waals surface area (Å²) in [7, 11) is 0. The van der Waals surface area contributed by atoms with Crippen molar-refractivity contribution < 1.29 is 0 Å². The largest absolute Gasteiger partial charge is 0.366 e. The molecule has 0 amide bonds. The van der Waals surface area contributed by atoms with Crippen molar-refractivity contribution in [3.05, 3.63) is 53.6 Å². The highest BCUT2D eigenvalue weighted by atomic mass is 15.2. The van der Waals surface area contributed by atoms with Crippen molar-refractivity contribution >= 4 is 5.69 Å². The van der Waals surface area contributed by atoms with Gasteiger partial charge in [-0.25, -0.2) is 0 Å². The first-order chi connectivity index (χ1) is 20.5. The molecule has 12 aliphatic rings. The highest BCUT2D eigenvalue weighted by Crippen LogP contribution is 2.64. The van der Waals surface area contributed by atoms with E-state index in [1.54, 1.807) is 55.2 Å². The van der Waals surface area contributed by atoms with E-state index in [4.69, 9.17) is 0 Å². The minimum Gasteiger partial charge on any atom is -0.366 e. The Hall–Kier alpha value is -1.76. The summed E-state index contributed by atoms with van der Waals surface area (Å²) in [6.07, 6.45) is 25.5. The van der Waals surface area contributed by atoms with Gasteiger partial charge in [-0.1, -0.05) is 30.3 Å². The standard InChI is InChI=1S/C41H51N/c1-2-33(17-37(3-1)42-38-11-25-4-26(13-38)14-39(42)12-25)34-15-35(40-19-27-5-28(20-40)7-29(6-27)21-40)18-36(16-34)41-22-30-8-31(23-41)10-32(9-30)24-41/h1-3,15-18,25-32,38-39H,4-14,19-24H2. The highest BCUT2D eigenvalue weighted by Gasteiger charge is 2.54. The molecule has 0 aromatic heterocycles. The Labute approximate surface area is 254 Å². The molecule has 2 aliphatic heterocycles. The molecule has 0 unspecified atom stereocenters. The third-order valence-electron chi connectivity index (χ3n) is 15.6. The molecule has 2 saturated heterocycles. The van der Waals surface area contributed by atoms with Gasteiger partial charge in [-0.15, -0.1) is 0 Å². The van der Waals surface area contributed by atoms with Gasteiger partial charge in [0.2, 0.25) is 0 Å². The molecule has 10 aliphatic carbocycles. The second-order valence-electron chi connectivity index (χ2n) is 18.4. The molecule has 0 spiro atoms. The molecule has 2 aromatic rings. The van der Waals surface area contributed by atoms with Gasteiger partial charge < -0.3 is 4.90 Å². The Balaban J connectivity index is 1.03. The fraction of sp³-hybridized carbons (Fsp3) is 0.707. The summed E-state index contributed by atoms with van der Waals surface area (Å²) in [4.78, 5) is 2.92. The van der Waals surface area contributed by atoms with Gasteiger partial charge >= 0.3 is 0 Å². The molecule has 0 atom stereocenters. The quantitative estimate of drug-likeness (QED) is 0.361. The van der Waals surface area contributed by atoms with Crippen molar-refractivity contribution in [3.63, 3.8) is 0 Å². The number of nitrogens with zero attached hydrogens (tertiary/aromatic N) is 1. The molecule has 12 fully saturated rings. The van der Waals surface area contributed by atoms with Crippen LogP contribution < -0.4 is 4.90 Å². The van der Waals surface area contributed by atoms with Crippen LogP contribution in [-0.2, 0) is 10.8 Å². The van der Waals surface area contributed by atoms with Gasteiger partial charge in [0.1, 0.15) is 0 Å². The zero-order valence-electron chi connectivity index (χ0n) is 25.8. The molecule has 10 saturated carbocycles. The lowest BCUT2D eigenvalue weighted by atomic mass is 9.46. The summed E-state index contributed by atoms with van der Waals surface area (Å²) in [5, 5.41) is 0. The number of anilines is 1. The Morgan fingerprint density at radius 1 is 0.429 bits per heavy atom. The van der Waals surface area contributed by atoms with E-state index >= 15 is 0 Å². The second kappa shape index (κ2) is 8.48. The molecule has 12 bridgehead atoms. The van der Waals surface area contributed by atoms with E-state index in [0.29, 0.717) is 10.8 Å². The van der Waals surface area contributed by atoms with E-state index < -0.39 is 0 Å². The molecule has 0 radical (unpaired) electrons. The van der Waals surface area contributed by atoms with Gasteiger partial charge in [0.15, 0.2) is 0 Å². The van der Waals surface area contributed by atoms with Gasteiger partial charge in [0.05, 0.1) is 0 Å². The van der Waals surface area contributed by atoms with E-state index in [-0.39, 0.29) is 0 Å². The molecule has 0 N–H and O–H groups in total. The Morgan fingerprint density at radius 2 is 0.857 bits per heavy atom. The summed E-state index contributed by atoms with van der Waals surface area (Å²) >= 11 is 0. The van der Waals surface area contributed by atoms with Crippen LogP contribution in [0.4, 0.5) is 5.69 Å². The number of benzene rings is 2. The number of rotatable bonds is 4. The van der Waals surface area contributed by atoms with Crippen LogP contribution in [0.25, 0.3) is 11.1 Å². The molecule has 2 heterocycles. The molecule has 14 rings (SSSR count). The van der Waals surface area contributed by atoms with Crippen molar-refractivity contribution in [2.24, 2.45) is 47.3 Å². The molecule has 1 heteroatoms. The van der Waals surface area contributed by atoms with E-state index in [9.17, 15) is 0 Å². The predicted molar refractivity (Wildman–Crippen MR) is 172 cm³/mol. The third-order valence-corrected chi connectivity index (χ3v) is 15.6. The first-order valence-electron chi connectivity index (χ1n) is 18.6. The summed E-state index contributed by atoms with van der Waals surface area (Å²) in [6, 6.07) is 20.0. The molecule has 220 valence electrons. The molecular weight excluding hydrogens is 506 g/mol. The first-order valence-corrected chi connectivity index (χ1v) is 18.6. The molecular formula is C41H51N. The van der Waals surface area contributed by atoms with Crippen LogP contribution in [0.1, 0.15) is 120 Å². The van der Waals surface area contributed by atoms with E-state index in [0.717, 1.165) is 59.4 Å². The lowest BCUT2D eigenvalue weighted by Gasteiger charge is -2.58. The van der Waals surface area contributed by atoms with Crippen molar-refractivity contribution in [1.82, 2.24) is 0 Å².